The second-order valence-electron chi connectivity index (χ2n) is 9.94. The number of rotatable bonds is 11. The van der Waals surface area contributed by atoms with E-state index < -0.39 is 12.0 Å². The number of ether oxygens (including phenoxy) is 5. The second kappa shape index (κ2) is 13.8. The minimum Gasteiger partial charge on any atom is -0.493 e. The first-order valence-electron chi connectivity index (χ1n) is 14.3. The quantitative estimate of drug-likeness (QED) is 0.216. The summed E-state index contributed by atoms with van der Waals surface area (Å²) in [5, 5.41) is 0. The van der Waals surface area contributed by atoms with Gasteiger partial charge in [-0.2, -0.15) is 0 Å². The predicted molar refractivity (Wildman–Crippen MR) is 168 cm³/mol. The van der Waals surface area contributed by atoms with Crippen molar-refractivity contribution in [3.05, 3.63) is 114 Å². The van der Waals surface area contributed by atoms with Gasteiger partial charge < -0.3 is 23.7 Å². The molecule has 11 heteroatoms. The maximum absolute atomic E-state index is 14.1. The summed E-state index contributed by atoms with van der Waals surface area (Å²) in [6.07, 6.45) is 1.73. The Hall–Kier alpha value is -4.90. The lowest BCUT2D eigenvalue weighted by Crippen LogP contribution is -2.40. The number of fused-ring (bicyclic) bond motifs is 1. The molecule has 0 saturated heterocycles. The zero-order valence-corrected chi connectivity index (χ0v) is 26.4. The van der Waals surface area contributed by atoms with E-state index in [2.05, 4.69) is 4.99 Å². The van der Waals surface area contributed by atoms with Gasteiger partial charge in [-0.1, -0.05) is 41.7 Å². The van der Waals surface area contributed by atoms with Crippen LogP contribution in [0.5, 0.6) is 23.0 Å². The number of methoxy groups -OCH3 is 2. The monoisotopic (exact) mass is 632 g/mol. The molecule has 0 fully saturated rings. The Labute approximate surface area is 263 Å². The second-order valence-corrected chi connectivity index (χ2v) is 11.0. The molecular weight excluding hydrogens is 599 g/mol. The molecule has 45 heavy (non-hydrogen) atoms. The molecule has 0 amide bonds. The van der Waals surface area contributed by atoms with Crippen molar-refractivity contribution in [2.24, 2.45) is 4.99 Å². The third-order valence-corrected chi connectivity index (χ3v) is 8.08. The van der Waals surface area contributed by atoms with Crippen LogP contribution in [0.2, 0.25) is 0 Å². The van der Waals surface area contributed by atoms with E-state index in [1.54, 1.807) is 68.5 Å². The number of thiazole rings is 1. The lowest BCUT2D eigenvalue weighted by molar-refractivity contribution is -0.139. The fraction of sp³-hybridized carbons (Fsp3) is 0.265. The van der Waals surface area contributed by atoms with Crippen LogP contribution in [0, 0.1) is 5.82 Å². The van der Waals surface area contributed by atoms with Gasteiger partial charge in [-0.05, 0) is 68.3 Å². The van der Waals surface area contributed by atoms with Crippen molar-refractivity contribution >= 4 is 23.4 Å². The average molecular weight is 633 g/mol. The van der Waals surface area contributed by atoms with Crippen molar-refractivity contribution in [3.8, 4) is 23.0 Å². The number of aromatic nitrogens is 1. The summed E-state index contributed by atoms with van der Waals surface area (Å²) in [5.74, 6) is 0.910. The summed E-state index contributed by atoms with van der Waals surface area (Å²) in [6.45, 7) is 5.96. The van der Waals surface area contributed by atoms with E-state index in [4.69, 9.17) is 23.7 Å². The van der Waals surface area contributed by atoms with Gasteiger partial charge in [0.2, 0.25) is 0 Å². The molecule has 0 spiro atoms. The number of esters is 1. The first-order chi connectivity index (χ1) is 21.8. The number of allylic oxidation sites excluding steroid dienone is 1. The molecule has 5 rings (SSSR count). The van der Waals surface area contributed by atoms with Crippen molar-refractivity contribution < 1.29 is 32.9 Å². The van der Waals surface area contributed by atoms with Crippen LogP contribution in [0.25, 0.3) is 6.08 Å². The number of nitrogens with zero attached hydrogens (tertiary/aromatic N) is 2. The number of para-hydroxylation sites is 1. The highest BCUT2D eigenvalue weighted by atomic mass is 32.1. The van der Waals surface area contributed by atoms with Gasteiger partial charge in [-0.3, -0.25) is 9.36 Å². The molecule has 1 atom stereocenters. The van der Waals surface area contributed by atoms with E-state index in [9.17, 15) is 14.0 Å². The normalized spacial score (nSPS) is 14.4. The summed E-state index contributed by atoms with van der Waals surface area (Å²) < 4.78 is 43.9. The fourth-order valence-corrected chi connectivity index (χ4v) is 6.17. The number of carbonyl (C=O) groups is 1. The van der Waals surface area contributed by atoms with Gasteiger partial charge in [0.05, 0.1) is 43.2 Å². The van der Waals surface area contributed by atoms with Crippen LogP contribution in [-0.4, -0.2) is 38.0 Å². The van der Waals surface area contributed by atoms with Gasteiger partial charge in [0, 0.05) is 5.56 Å². The Morgan fingerprint density at radius 2 is 1.76 bits per heavy atom. The summed E-state index contributed by atoms with van der Waals surface area (Å²) >= 11 is 1.20. The summed E-state index contributed by atoms with van der Waals surface area (Å²) in [5.41, 5.74) is 2.28. The zero-order chi connectivity index (χ0) is 32.1. The largest absolute Gasteiger partial charge is 0.493 e. The van der Waals surface area contributed by atoms with Gasteiger partial charge in [0.25, 0.3) is 5.56 Å². The van der Waals surface area contributed by atoms with Gasteiger partial charge in [0.1, 0.15) is 18.5 Å². The highest BCUT2D eigenvalue weighted by Crippen LogP contribution is 2.40. The Morgan fingerprint density at radius 1 is 0.978 bits per heavy atom. The summed E-state index contributed by atoms with van der Waals surface area (Å²) in [6, 6.07) is 15.9. The maximum atomic E-state index is 14.1. The molecule has 3 aromatic carbocycles. The molecule has 4 aromatic rings. The highest BCUT2D eigenvalue weighted by Gasteiger charge is 2.36. The summed E-state index contributed by atoms with van der Waals surface area (Å²) in [4.78, 5) is 32.5. The van der Waals surface area contributed by atoms with Crippen molar-refractivity contribution in [2.45, 2.75) is 33.4 Å². The first kappa shape index (κ1) is 31.5. The molecule has 0 unspecified atom stereocenters. The van der Waals surface area contributed by atoms with Crippen molar-refractivity contribution in [2.75, 3.05) is 27.4 Å². The van der Waals surface area contributed by atoms with Crippen LogP contribution < -0.4 is 33.8 Å². The highest BCUT2D eigenvalue weighted by molar-refractivity contribution is 7.07. The van der Waals surface area contributed by atoms with E-state index in [0.717, 1.165) is 0 Å². The van der Waals surface area contributed by atoms with Crippen molar-refractivity contribution in [1.82, 2.24) is 4.57 Å². The van der Waals surface area contributed by atoms with Crippen LogP contribution in [-0.2, 0) is 16.1 Å². The van der Waals surface area contributed by atoms with Crippen LogP contribution in [0.3, 0.4) is 0 Å². The van der Waals surface area contributed by atoms with Crippen LogP contribution in [0.1, 0.15) is 43.5 Å². The molecule has 1 aliphatic heterocycles. The van der Waals surface area contributed by atoms with Crippen LogP contribution in [0.15, 0.2) is 81.7 Å². The summed E-state index contributed by atoms with van der Waals surface area (Å²) in [7, 11) is 3.05. The molecule has 234 valence electrons. The molecule has 0 N–H and O–H groups in total. The van der Waals surface area contributed by atoms with Gasteiger partial charge in [-0.25, -0.2) is 14.2 Å². The zero-order valence-electron chi connectivity index (χ0n) is 25.6. The first-order valence-corrected chi connectivity index (χ1v) is 15.2. The predicted octanol–water partition coefficient (Wildman–Crippen LogP) is 4.93. The lowest BCUT2D eigenvalue weighted by Gasteiger charge is -2.26. The van der Waals surface area contributed by atoms with Crippen LogP contribution >= 0.6 is 11.3 Å². The molecule has 2 heterocycles. The topological polar surface area (TPSA) is 97.6 Å². The molecule has 1 aromatic heterocycles. The van der Waals surface area contributed by atoms with E-state index in [-0.39, 0.29) is 30.2 Å². The standard InChI is InChI=1S/C34H33FN2O7S/c1-6-42-31-24(12-9-13-26(31)40-4)30-29(33(39)43-7-2)20(3)36-34-37(30)32(38)28(45-34)18-21-14-15-25(27(17-21)41-5)44-19-22-10-8-11-23(35)16-22/h8-18,30H,6-7,19H2,1-5H3/b28-18-/t30-/m0/s1. The third kappa shape index (κ3) is 6.48. The Balaban J connectivity index is 1.60. The number of benzene rings is 3. The van der Waals surface area contributed by atoms with E-state index in [0.29, 0.717) is 61.3 Å². The van der Waals surface area contributed by atoms with Gasteiger partial charge in [0.15, 0.2) is 27.8 Å². The number of halogens is 1. The van der Waals surface area contributed by atoms with Crippen molar-refractivity contribution in [1.29, 1.82) is 0 Å². The number of carbonyl (C=O) groups excluding carboxylic acids is 1. The number of hydrogen-bond donors (Lipinski definition) is 0. The minimum absolute atomic E-state index is 0.155. The molecule has 0 bridgehead atoms. The van der Waals surface area contributed by atoms with E-state index >= 15 is 0 Å². The van der Waals surface area contributed by atoms with Gasteiger partial charge >= 0.3 is 5.97 Å². The Morgan fingerprint density at radius 3 is 2.47 bits per heavy atom. The SMILES string of the molecule is CCOC(=O)C1=C(C)N=c2s/c(=C\c3ccc(OCc4cccc(F)c4)c(OC)c3)c(=O)n2[C@H]1c1cccc(OC)c1OCC. The Kier molecular flexibility index (Phi) is 9.68. The molecule has 0 radical (unpaired) electrons. The van der Waals surface area contributed by atoms with Crippen LogP contribution in [0.4, 0.5) is 4.39 Å². The minimum atomic E-state index is -0.868. The van der Waals surface area contributed by atoms with E-state index in [1.807, 2.05) is 6.92 Å². The van der Waals surface area contributed by atoms with E-state index in [1.165, 1.54) is 42.3 Å². The third-order valence-electron chi connectivity index (χ3n) is 7.10. The lowest BCUT2D eigenvalue weighted by atomic mass is 9.94. The Bertz CT molecular complexity index is 1950. The number of hydrogen-bond acceptors (Lipinski definition) is 9. The van der Waals surface area contributed by atoms with Crippen molar-refractivity contribution in [3.63, 3.8) is 0 Å². The fourth-order valence-electron chi connectivity index (χ4n) is 5.13. The molecule has 9 nitrogen and oxygen atoms in total. The maximum Gasteiger partial charge on any atom is 0.338 e. The molecular formula is C34H33FN2O7S. The molecule has 1 aliphatic rings. The molecule has 0 aliphatic carbocycles. The smallest absolute Gasteiger partial charge is 0.338 e. The molecule has 0 saturated carbocycles. The average Bonchev–Trinajstić information content (AvgIpc) is 3.33. The van der Waals surface area contributed by atoms with Gasteiger partial charge in [-0.15, -0.1) is 0 Å².